The Kier molecular flexibility index (Phi) is 2.14. The third-order valence-corrected chi connectivity index (χ3v) is 3.08. The first kappa shape index (κ1) is 8.85. The number of hydrogen-bond donors (Lipinski definition) is 1. The molecule has 4 nitrogen and oxygen atoms in total. The molecule has 1 saturated heterocycles. The number of aromatic nitrogens is 3. The lowest BCUT2D eigenvalue weighted by molar-refractivity contribution is 0.458. The average molecular weight is 202 g/mol. The van der Waals surface area contributed by atoms with Crippen molar-refractivity contribution in [3.8, 4) is 0 Å². The van der Waals surface area contributed by atoms with Crippen molar-refractivity contribution in [2.45, 2.75) is 18.8 Å². The molecule has 78 valence electrons. The summed E-state index contributed by atoms with van der Waals surface area (Å²) in [6.45, 7) is 2.24. The molecule has 1 aliphatic rings. The van der Waals surface area contributed by atoms with E-state index in [1.165, 1.54) is 18.4 Å². The molecular formula is C11H14N4. The molecule has 2 aromatic heterocycles. The molecule has 4 heteroatoms. The van der Waals surface area contributed by atoms with Gasteiger partial charge in [0.15, 0.2) is 0 Å². The molecule has 0 aromatic carbocycles. The van der Waals surface area contributed by atoms with Crippen LogP contribution in [0.1, 0.15) is 24.3 Å². The third kappa shape index (κ3) is 1.61. The Hall–Kier alpha value is -1.42. The number of nitrogens with one attached hydrogen (secondary N) is 1. The summed E-state index contributed by atoms with van der Waals surface area (Å²) in [4.78, 5) is 8.49. The van der Waals surface area contributed by atoms with Crippen LogP contribution in [-0.4, -0.2) is 27.5 Å². The SMILES string of the molecule is c1cn2cc(C3CCNCC3)cnc2n1. The van der Waals surface area contributed by atoms with E-state index in [4.69, 9.17) is 0 Å². The number of fused-ring (bicyclic) bond motifs is 1. The van der Waals surface area contributed by atoms with Crippen molar-refractivity contribution in [2.75, 3.05) is 13.1 Å². The Balaban J connectivity index is 1.95. The molecule has 1 fully saturated rings. The predicted molar refractivity (Wildman–Crippen MR) is 57.8 cm³/mol. The highest BCUT2D eigenvalue weighted by molar-refractivity contribution is 5.29. The van der Waals surface area contributed by atoms with Gasteiger partial charge in [-0.25, -0.2) is 9.97 Å². The summed E-state index contributed by atoms with van der Waals surface area (Å²) in [6.07, 6.45) is 10.3. The van der Waals surface area contributed by atoms with Gasteiger partial charge in [-0.3, -0.25) is 4.40 Å². The summed E-state index contributed by atoms with van der Waals surface area (Å²) in [6, 6.07) is 0. The average Bonchev–Trinajstić information content (AvgIpc) is 2.77. The number of imidazole rings is 1. The van der Waals surface area contributed by atoms with Crippen molar-refractivity contribution in [3.63, 3.8) is 0 Å². The van der Waals surface area contributed by atoms with Crippen LogP contribution < -0.4 is 5.32 Å². The van der Waals surface area contributed by atoms with Gasteiger partial charge in [0, 0.05) is 24.8 Å². The van der Waals surface area contributed by atoms with Crippen LogP contribution in [0.15, 0.2) is 24.8 Å². The fourth-order valence-corrected chi connectivity index (χ4v) is 2.20. The molecule has 3 heterocycles. The van der Waals surface area contributed by atoms with Crippen LogP contribution in [0.25, 0.3) is 5.78 Å². The first-order valence-electron chi connectivity index (χ1n) is 5.43. The van der Waals surface area contributed by atoms with Gasteiger partial charge in [-0.15, -0.1) is 0 Å². The summed E-state index contributed by atoms with van der Waals surface area (Å²) in [5.41, 5.74) is 1.34. The Morgan fingerprint density at radius 2 is 2.13 bits per heavy atom. The maximum Gasteiger partial charge on any atom is 0.233 e. The highest BCUT2D eigenvalue weighted by Gasteiger charge is 2.15. The second-order valence-corrected chi connectivity index (χ2v) is 4.05. The third-order valence-electron chi connectivity index (χ3n) is 3.08. The molecule has 0 atom stereocenters. The lowest BCUT2D eigenvalue weighted by Crippen LogP contribution is -2.26. The summed E-state index contributed by atoms with van der Waals surface area (Å²) in [7, 11) is 0. The maximum absolute atomic E-state index is 4.35. The zero-order chi connectivity index (χ0) is 10.1. The van der Waals surface area contributed by atoms with Gasteiger partial charge in [-0.1, -0.05) is 0 Å². The molecule has 1 aliphatic heterocycles. The van der Waals surface area contributed by atoms with Crippen LogP contribution in [0, 0.1) is 0 Å². The topological polar surface area (TPSA) is 42.2 Å². The van der Waals surface area contributed by atoms with Gasteiger partial charge in [0.25, 0.3) is 0 Å². The van der Waals surface area contributed by atoms with E-state index in [0.717, 1.165) is 18.9 Å². The lowest BCUT2D eigenvalue weighted by Gasteiger charge is -2.22. The zero-order valence-electron chi connectivity index (χ0n) is 8.56. The van der Waals surface area contributed by atoms with Crippen molar-refractivity contribution in [3.05, 3.63) is 30.4 Å². The summed E-state index contributed by atoms with van der Waals surface area (Å²) >= 11 is 0. The first-order valence-corrected chi connectivity index (χ1v) is 5.43. The molecule has 0 bridgehead atoms. The van der Waals surface area contributed by atoms with Crippen LogP contribution in [0.5, 0.6) is 0 Å². The van der Waals surface area contributed by atoms with Crippen molar-refractivity contribution < 1.29 is 0 Å². The van der Waals surface area contributed by atoms with Crippen LogP contribution in [-0.2, 0) is 0 Å². The van der Waals surface area contributed by atoms with E-state index in [1.54, 1.807) is 6.20 Å². The van der Waals surface area contributed by atoms with Gasteiger partial charge in [-0.2, -0.15) is 0 Å². The van der Waals surface area contributed by atoms with Gasteiger partial charge >= 0.3 is 0 Å². The molecule has 2 aromatic rings. The first-order chi connectivity index (χ1) is 7.43. The number of hydrogen-bond acceptors (Lipinski definition) is 3. The van der Waals surface area contributed by atoms with Crippen molar-refractivity contribution >= 4 is 5.78 Å². The van der Waals surface area contributed by atoms with E-state index in [1.807, 2.05) is 16.8 Å². The molecule has 0 radical (unpaired) electrons. The van der Waals surface area contributed by atoms with Crippen LogP contribution in [0.2, 0.25) is 0 Å². The summed E-state index contributed by atoms with van der Waals surface area (Å²) < 4.78 is 2.00. The van der Waals surface area contributed by atoms with Crippen molar-refractivity contribution in [1.82, 2.24) is 19.7 Å². The van der Waals surface area contributed by atoms with Crippen LogP contribution >= 0.6 is 0 Å². The Morgan fingerprint density at radius 3 is 3.00 bits per heavy atom. The van der Waals surface area contributed by atoms with Gasteiger partial charge in [0.05, 0.1) is 0 Å². The molecule has 1 N–H and O–H groups in total. The summed E-state index contributed by atoms with van der Waals surface area (Å²) in [5, 5.41) is 3.38. The van der Waals surface area contributed by atoms with E-state index < -0.39 is 0 Å². The summed E-state index contributed by atoms with van der Waals surface area (Å²) in [5.74, 6) is 1.44. The van der Waals surface area contributed by atoms with Crippen molar-refractivity contribution in [2.24, 2.45) is 0 Å². The minimum absolute atomic E-state index is 0.658. The normalized spacial score (nSPS) is 18.4. The maximum atomic E-state index is 4.35. The molecule has 0 spiro atoms. The smallest absolute Gasteiger partial charge is 0.233 e. The Morgan fingerprint density at radius 1 is 1.27 bits per heavy atom. The second-order valence-electron chi connectivity index (χ2n) is 4.05. The van der Waals surface area contributed by atoms with Crippen molar-refractivity contribution in [1.29, 1.82) is 0 Å². The van der Waals surface area contributed by atoms with Gasteiger partial charge in [-0.05, 0) is 37.4 Å². The molecule has 0 amide bonds. The molecule has 3 rings (SSSR count). The minimum Gasteiger partial charge on any atom is -0.317 e. The molecule has 15 heavy (non-hydrogen) atoms. The fraction of sp³-hybridized carbons (Fsp3) is 0.455. The van der Waals surface area contributed by atoms with E-state index in [9.17, 15) is 0 Å². The molecular weight excluding hydrogens is 188 g/mol. The second kappa shape index (κ2) is 3.62. The molecule has 0 aliphatic carbocycles. The predicted octanol–water partition coefficient (Wildman–Crippen LogP) is 1.20. The quantitative estimate of drug-likeness (QED) is 0.755. The van der Waals surface area contributed by atoms with E-state index in [-0.39, 0.29) is 0 Å². The largest absolute Gasteiger partial charge is 0.317 e. The number of rotatable bonds is 1. The zero-order valence-corrected chi connectivity index (χ0v) is 8.56. The van der Waals surface area contributed by atoms with Gasteiger partial charge in [0.1, 0.15) is 0 Å². The lowest BCUT2D eigenvalue weighted by atomic mass is 9.92. The molecule has 0 saturated carbocycles. The fourth-order valence-electron chi connectivity index (χ4n) is 2.20. The standard InChI is InChI=1S/C11H14N4/c1-3-12-4-2-9(1)10-7-14-11-13-5-6-15(11)8-10/h5-9,12H,1-4H2. The Bertz CT molecular complexity index is 456. The van der Waals surface area contributed by atoms with Gasteiger partial charge < -0.3 is 5.32 Å². The monoisotopic (exact) mass is 202 g/mol. The van der Waals surface area contributed by atoms with E-state index in [2.05, 4.69) is 21.5 Å². The van der Waals surface area contributed by atoms with E-state index in [0.29, 0.717) is 5.92 Å². The minimum atomic E-state index is 0.658. The highest BCUT2D eigenvalue weighted by Crippen LogP contribution is 2.24. The number of nitrogens with zero attached hydrogens (tertiary/aromatic N) is 3. The molecule has 0 unspecified atom stereocenters. The van der Waals surface area contributed by atoms with E-state index >= 15 is 0 Å². The van der Waals surface area contributed by atoms with Gasteiger partial charge in [0.2, 0.25) is 5.78 Å². The highest BCUT2D eigenvalue weighted by atomic mass is 15.1. The van der Waals surface area contributed by atoms with Crippen LogP contribution in [0.4, 0.5) is 0 Å². The Labute approximate surface area is 88.4 Å². The number of piperidine rings is 1. The van der Waals surface area contributed by atoms with Crippen LogP contribution in [0.3, 0.4) is 0 Å².